The standard InChI is InChI=1S/C17H20N6O/c1-10(16-19-11(2)21-22-16)18-15(24)9-23-14-6-4-3-5-13(14)20-17(23)12-7-8-12/h3-6,10,12H,7-9H2,1-2H3,(H,18,24)(H,19,21,22). The Balaban J connectivity index is 1.55. The number of aromatic amines is 1. The largest absolute Gasteiger partial charge is 0.345 e. The molecule has 3 aromatic rings. The highest BCUT2D eigenvalue weighted by atomic mass is 16.2. The molecule has 2 heterocycles. The second kappa shape index (κ2) is 5.74. The number of amides is 1. The molecule has 1 amide bonds. The predicted molar refractivity (Wildman–Crippen MR) is 89.4 cm³/mol. The van der Waals surface area contributed by atoms with Gasteiger partial charge in [-0.1, -0.05) is 12.1 Å². The zero-order valence-corrected chi connectivity index (χ0v) is 13.8. The normalized spacial score (nSPS) is 15.6. The number of hydrogen-bond donors (Lipinski definition) is 2. The molecule has 1 unspecified atom stereocenters. The summed E-state index contributed by atoms with van der Waals surface area (Å²) < 4.78 is 2.04. The average molecular weight is 324 g/mol. The van der Waals surface area contributed by atoms with Crippen molar-refractivity contribution in [2.75, 3.05) is 0 Å². The summed E-state index contributed by atoms with van der Waals surface area (Å²) in [6.07, 6.45) is 2.30. The van der Waals surface area contributed by atoms with Gasteiger partial charge < -0.3 is 9.88 Å². The first-order valence-corrected chi connectivity index (χ1v) is 8.25. The van der Waals surface area contributed by atoms with E-state index in [-0.39, 0.29) is 18.5 Å². The van der Waals surface area contributed by atoms with E-state index < -0.39 is 0 Å². The Morgan fingerprint density at radius 3 is 2.88 bits per heavy atom. The van der Waals surface area contributed by atoms with E-state index >= 15 is 0 Å². The predicted octanol–water partition coefficient (Wildman–Crippen LogP) is 2.22. The minimum absolute atomic E-state index is 0.0602. The number of carbonyl (C=O) groups is 1. The van der Waals surface area contributed by atoms with Crippen molar-refractivity contribution in [1.82, 2.24) is 30.0 Å². The van der Waals surface area contributed by atoms with Gasteiger partial charge in [-0.2, -0.15) is 5.10 Å². The maximum Gasteiger partial charge on any atom is 0.240 e. The van der Waals surface area contributed by atoms with Crippen LogP contribution in [0, 0.1) is 6.92 Å². The van der Waals surface area contributed by atoms with Crippen LogP contribution in [0.3, 0.4) is 0 Å². The van der Waals surface area contributed by atoms with E-state index in [1.807, 2.05) is 42.7 Å². The molecule has 0 aliphatic heterocycles. The molecular formula is C17H20N6O. The number of aromatic nitrogens is 5. The van der Waals surface area contributed by atoms with E-state index in [1.54, 1.807) is 0 Å². The van der Waals surface area contributed by atoms with Crippen molar-refractivity contribution in [1.29, 1.82) is 0 Å². The van der Waals surface area contributed by atoms with Crippen molar-refractivity contribution >= 4 is 16.9 Å². The third kappa shape index (κ3) is 2.77. The van der Waals surface area contributed by atoms with Gasteiger partial charge in [-0.25, -0.2) is 9.97 Å². The molecule has 4 rings (SSSR count). The molecular weight excluding hydrogens is 304 g/mol. The average Bonchev–Trinajstić information content (AvgIpc) is 3.22. The molecule has 124 valence electrons. The summed E-state index contributed by atoms with van der Waals surface area (Å²) in [5.41, 5.74) is 1.96. The second-order valence-electron chi connectivity index (χ2n) is 6.39. The van der Waals surface area contributed by atoms with Gasteiger partial charge in [0, 0.05) is 5.92 Å². The maximum absolute atomic E-state index is 12.5. The van der Waals surface area contributed by atoms with E-state index in [2.05, 4.69) is 20.5 Å². The number of H-pyrrole nitrogens is 1. The Bertz CT molecular complexity index is 892. The molecule has 1 aromatic carbocycles. The van der Waals surface area contributed by atoms with Crippen molar-refractivity contribution in [3.63, 3.8) is 0 Å². The van der Waals surface area contributed by atoms with Crippen molar-refractivity contribution in [2.24, 2.45) is 0 Å². The van der Waals surface area contributed by atoms with Gasteiger partial charge in [0.2, 0.25) is 5.91 Å². The van der Waals surface area contributed by atoms with E-state index in [0.29, 0.717) is 11.7 Å². The first kappa shape index (κ1) is 14.9. The van der Waals surface area contributed by atoms with Crippen LogP contribution in [0.5, 0.6) is 0 Å². The monoisotopic (exact) mass is 324 g/mol. The van der Waals surface area contributed by atoms with Crippen molar-refractivity contribution in [2.45, 2.75) is 45.2 Å². The summed E-state index contributed by atoms with van der Waals surface area (Å²) in [5, 5.41) is 9.87. The minimum Gasteiger partial charge on any atom is -0.345 e. The molecule has 1 aliphatic rings. The highest BCUT2D eigenvalue weighted by Gasteiger charge is 2.30. The Morgan fingerprint density at radius 2 is 2.17 bits per heavy atom. The van der Waals surface area contributed by atoms with Gasteiger partial charge in [0.05, 0.1) is 17.1 Å². The Kier molecular flexibility index (Phi) is 3.55. The molecule has 1 atom stereocenters. The molecule has 7 heteroatoms. The van der Waals surface area contributed by atoms with Crippen LogP contribution < -0.4 is 5.32 Å². The molecule has 1 saturated carbocycles. The number of fused-ring (bicyclic) bond motifs is 1. The van der Waals surface area contributed by atoms with Gasteiger partial charge in [0.15, 0.2) is 5.82 Å². The summed E-state index contributed by atoms with van der Waals surface area (Å²) in [6.45, 7) is 3.99. The zero-order chi connectivity index (χ0) is 16.7. The fourth-order valence-corrected chi connectivity index (χ4v) is 2.96. The number of carbonyl (C=O) groups excluding carboxylic acids is 1. The molecule has 0 radical (unpaired) electrons. The van der Waals surface area contributed by atoms with Gasteiger partial charge in [0.1, 0.15) is 18.2 Å². The van der Waals surface area contributed by atoms with E-state index in [9.17, 15) is 4.79 Å². The highest BCUT2D eigenvalue weighted by Crippen LogP contribution is 2.40. The van der Waals surface area contributed by atoms with Gasteiger partial charge in [0.25, 0.3) is 0 Å². The quantitative estimate of drug-likeness (QED) is 0.753. The summed E-state index contributed by atoms with van der Waals surface area (Å²) in [4.78, 5) is 21.5. The topological polar surface area (TPSA) is 88.5 Å². The van der Waals surface area contributed by atoms with Gasteiger partial charge in [-0.05, 0) is 38.8 Å². The smallest absolute Gasteiger partial charge is 0.240 e. The molecule has 2 N–H and O–H groups in total. The Labute approximate surface area is 139 Å². The lowest BCUT2D eigenvalue weighted by Crippen LogP contribution is -2.31. The molecule has 2 aromatic heterocycles. The molecule has 0 spiro atoms. The SMILES string of the molecule is Cc1nc(C(C)NC(=O)Cn2c(C3CC3)nc3ccccc32)n[nH]1. The summed E-state index contributed by atoms with van der Waals surface area (Å²) in [6, 6.07) is 7.73. The second-order valence-corrected chi connectivity index (χ2v) is 6.39. The Morgan fingerprint density at radius 1 is 1.38 bits per heavy atom. The number of aryl methyl sites for hydroxylation is 1. The fourth-order valence-electron chi connectivity index (χ4n) is 2.96. The number of nitrogens with zero attached hydrogens (tertiary/aromatic N) is 4. The lowest BCUT2D eigenvalue weighted by atomic mass is 10.3. The van der Waals surface area contributed by atoms with Gasteiger partial charge in [-0.15, -0.1) is 0 Å². The van der Waals surface area contributed by atoms with Crippen LogP contribution in [0.4, 0.5) is 0 Å². The highest BCUT2D eigenvalue weighted by molar-refractivity contribution is 5.81. The molecule has 0 bridgehead atoms. The number of rotatable bonds is 5. The summed E-state index contributed by atoms with van der Waals surface area (Å²) in [7, 11) is 0. The van der Waals surface area contributed by atoms with Crippen LogP contribution in [0.1, 0.15) is 49.2 Å². The molecule has 1 fully saturated rings. The molecule has 0 saturated heterocycles. The summed E-state index contributed by atoms with van der Waals surface area (Å²) >= 11 is 0. The third-order valence-electron chi connectivity index (χ3n) is 4.31. The number of para-hydroxylation sites is 2. The van der Waals surface area contributed by atoms with Crippen molar-refractivity contribution in [3.8, 4) is 0 Å². The van der Waals surface area contributed by atoms with Crippen LogP contribution in [0.15, 0.2) is 24.3 Å². The molecule has 1 aliphatic carbocycles. The van der Waals surface area contributed by atoms with Crippen LogP contribution >= 0.6 is 0 Å². The Hall–Kier alpha value is -2.70. The van der Waals surface area contributed by atoms with Crippen LogP contribution in [-0.2, 0) is 11.3 Å². The minimum atomic E-state index is -0.235. The van der Waals surface area contributed by atoms with Gasteiger partial charge in [-0.3, -0.25) is 9.89 Å². The van der Waals surface area contributed by atoms with Crippen molar-refractivity contribution in [3.05, 3.63) is 41.7 Å². The fraction of sp³-hybridized carbons (Fsp3) is 0.412. The number of hydrogen-bond acceptors (Lipinski definition) is 4. The number of imidazole rings is 1. The maximum atomic E-state index is 12.5. The van der Waals surface area contributed by atoms with E-state index in [1.165, 1.54) is 0 Å². The lowest BCUT2D eigenvalue weighted by molar-refractivity contribution is -0.122. The summed E-state index contributed by atoms with van der Waals surface area (Å²) in [5.74, 6) is 2.78. The first-order chi connectivity index (χ1) is 11.6. The number of nitrogens with one attached hydrogen (secondary N) is 2. The third-order valence-corrected chi connectivity index (χ3v) is 4.31. The van der Waals surface area contributed by atoms with Crippen LogP contribution in [0.2, 0.25) is 0 Å². The first-order valence-electron chi connectivity index (χ1n) is 8.25. The molecule has 24 heavy (non-hydrogen) atoms. The zero-order valence-electron chi connectivity index (χ0n) is 13.8. The molecule has 7 nitrogen and oxygen atoms in total. The van der Waals surface area contributed by atoms with E-state index in [4.69, 9.17) is 4.98 Å². The van der Waals surface area contributed by atoms with Crippen LogP contribution in [0.25, 0.3) is 11.0 Å². The van der Waals surface area contributed by atoms with Crippen LogP contribution in [-0.4, -0.2) is 30.6 Å². The van der Waals surface area contributed by atoms with Gasteiger partial charge >= 0.3 is 0 Å². The van der Waals surface area contributed by atoms with E-state index in [0.717, 1.165) is 35.5 Å². The number of benzene rings is 1. The lowest BCUT2D eigenvalue weighted by Gasteiger charge is -2.13. The van der Waals surface area contributed by atoms with Crippen molar-refractivity contribution < 1.29 is 4.79 Å².